The maximum Gasteiger partial charge on any atom is 0.149 e. The van der Waals surface area contributed by atoms with Gasteiger partial charge in [0, 0.05) is 27.0 Å². The van der Waals surface area contributed by atoms with Crippen LogP contribution in [0.5, 0.6) is 5.75 Å². The molecule has 0 saturated carbocycles. The topological polar surface area (TPSA) is 50.9 Å². The van der Waals surface area contributed by atoms with Crippen molar-refractivity contribution >= 4 is 11.0 Å². The molecule has 0 atom stereocenters. The lowest BCUT2D eigenvalue weighted by atomic mass is 9.83. The number of aryl methyl sites for hydroxylation is 1. The molecule has 4 nitrogen and oxygen atoms in total. The van der Waals surface area contributed by atoms with Crippen LogP contribution >= 0.6 is 0 Å². The van der Waals surface area contributed by atoms with E-state index in [9.17, 15) is 6.48 Å². The van der Waals surface area contributed by atoms with Crippen LogP contribution in [0.1, 0.15) is 128 Å². The summed E-state index contributed by atoms with van der Waals surface area (Å²) < 4.78 is 88.9. The third kappa shape index (κ3) is 8.93. The van der Waals surface area contributed by atoms with E-state index in [1.54, 1.807) is 0 Å². The molecule has 2 aromatic heterocycles. The van der Waals surface area contributed by atoms with Crippen molar-refractivity contribution in [3.8, 4) is 78.6 Å². The van der Waals surface area contributed by atoms with Gasteiger partial charge in [0.2, 0.25) is 0 Å². The van der Waals surface area contributed by atoms with Crippen molar-refractivity contribution in [3.05, 3.63) is 191 Å². The van der Waals surface area contributed by atoms with E-state index in [-0.39, 0.29) is 34.3 Å². The van der Waals surface area contributed by atoms with Crippen molar-refractivity contribution in [2.45, 2.75) is 106 Å². The number of fused-ring (bicyclic) bond motifs is 1. The lowest BCUT2D eigenvalue weighted by Crippen LogP contribution is -2.11. The molecule has 68 heavy (non-hydrogen) atoms. The molecule has 0 aliphatic carbocycles. The van der Waals surface area contributed by atoms with Crippen LogP contribution in [0.4, 0.5) is 0 Å². The first-order chi connectivity index (χ1) is 36.5. The van der Waals surface area contributed by atoms with Crippen LogP contribution in [-0.2, 0) is 10.8 Å². The molecule has 9 aromatic rings. The van der Waals surface area contributed by atoms with Crippen molar-refractivity contribution in [1.29, 1.82) is 0 Å². The highest BCUT2D eigenvalue weighted by Crippen LogP contribution is 2.46. The molecule has 4 heteroatoms. The van der Waals surface area contributed by atoms with E-state index in [0.717, 1.165) is 55.7 Å². The molecule has 0 unspecified atom stereocenters. The summed E-state index contributed by atoms with van der Waals surface area (Å²) in [6, 6.07) is 35.3. The largest absolute Gasteiger partial charge is 0.507 e. The van der Waals surface area contributed by atoms with Crippen LogP contribution in [0.15, 0.2) is 158 Å². The van der Waals surface area contributed by atoms with E-state index in [1.165, 1.54) is 5.56 Å². The summed E-state index contributed by atoms with van der Waals surface area (Å²) in [4.78, 5) is 10.1. The first-order valence-corrected chi connectivity index (χ1v) is 23.4. The Hall–Kier alpha value is -7.04. The van der Waals surface area contributed by atoms with Gasteiger partial charge in [0.15, 0.2) is 0 Å². The number of phenols is 1. The number of benzene rings is 7. The van der Waals surface area contributed by atoms with Crippen LogP contribution in [0, 0.1) is 13.8 Å². The molecule has 0 amide bonds. The average Bonchev–Trinajstić information content (AvgIpc) is 3.95. The second kappa shape index (κ2) is 17.9. The number of nitrogens with zero attached hydrogens (tertiary/aromatic N) is 3. The third-order valence-electron chi connectivity index (χ3n) is 13.0. The Labute approximate surface area is 418 Å². The number of hydrogen-bond acceptors (Lipinski definition) is 3. The number of para-hydroxylation sites is 1. The normalized spacial score (nSPS) is 14.4. The van der Waals surface area contributed by atoms with E-state index in [1.807, 2.05) is 54.6 Å². The van der Waals surface area contributed by atoms with Gasteiger partial charge in [-0.3, -0.25) is 9.55 Å². The Morgan fingerprint density at radius 1 is 0.588 bits per heavy atom. The molecule has 0 saturated heterocycles. The van der Waals surface area contributed by atoms with Gasteiger partial charge in [-0.2, -0.15) is 0 Å². The molecule has 1 N–H and O–H groups in total. The van der Waals surface area contributed by atoms with E-state index in [0.29, 0.717) is 33.6 Å². The Morgan fingerprint density at radius 2 is 1.28 bits per heavy atom. The predicted molar refractivity (Wildman–Crippen MR) is 288 cm³/mol. The van der Waals surface area contributed by atoms with Gasteiger partial charge in [0.1, 0.15) is 11.6 Å². The van der Waals surface area contributed by atoms with E-state index in [4.69, 9.17) is 17.3 Å². The fraction of sp³-hybridized carbons (Fsp3) is 0.250. The molecule has 0 bridgehead atoms. The van der Waals surface area contributed by atoms with Gasteiger partial charge in [0.25, 0.3) is 0 Å². The van der Waals surface area contributed by atoms with Gasteiger partial charge in [-0.1, -0.05) is 178 Å². The lowest BCUT2D eigenvalue weighted by molar-refractivity contribution is 0.466. The summed E-state index contributed by atoms with van der Waals surface area (Å²) in [5.74, 6) is 0.767. The summed E-state index contributed by atoms with van der Waals surface area (Å²) >= 11 is 0. The van der Waals surface area contributed by atoms with Crippen molar-refractivity contribution in [2.24, 2.45) is 0 Å². The zero-order valence-electron chi connectivity index (χ0n) is 50.9. The number of phenolic OH excluding ortho intramolecular Hbond substituents is 1. The highest BCUT2D eigenvalue weighted by atomic mass is 16.3. The van der Waals surface area contributed by atoms with E-state index < -0.39 is 65.8 Å². The highest BCUT2D eigenvalue weighted by Gasteiger charge is 2.27. The number of hydrogen-bond donors (Lipinski definition) is 1. The smallest absolute Gasteiger partial charge is 0.149 e. The molecule has 7 aromatic carbocycles. The second-order valence-corrected chi connectivity index (χ2v) is 20.6. The van der Waals surface area contributed by atoms with Crippen molar-refractivity contribution in [2.75, 3.05) is 0 Å². The molecule has 9 rings (SSSR count). The van der Waals surface area contributed by atoms with Gasteiger partial charge < -0.3 is 5.11 Å². The number of imidazole rings is 1. The number of aromatic hydroxyl groups is 1. The predicted octanol–water partition coefficient (Wildman–Crippen LogP) is 17.6. The molecule has 0 radical (unpaired) electrons. The standard InChI is InChI=1S/C64H65N3O/c1-39(2)47-35-53(40(3)4)61(68)56(36-47)62-66-60-52(48-32-49(34-51(33-48)64(10,11)12)57-37-46(29-30-65-57)43-23-21-41(5)22-24-43)19-16-20-58(60)67(62)59-38-54(44-17-14-13-15-18-44)42(6)31-55(59)45-25-27-50(28-26-45)63(7,8)9/h13-40,68H,1-12H3/i5D3,21D,22D,23D,24D,29D,30D,37D. The quantitative estimate of drug-likeness (QED) is 0.157. The van der Waals surface area contributed by atoms with Gasteiger partial charge in [-0.25, -0.2) is 4.98 Å². The Kier molecular flexibility index (Phi) is 9.24. The molecule has 0 fully saturated rings. The summed E-state index contributed by atoms with van der Waals surface area (Å²) in [7, 11) is 0. The molecular formula is C64H65N3O. The third-order valence-corrected chi connectivity index (χ3v) is 13.0. The van der Waals surface area contributed by atoms with Crippen LogP contribution in [0.2, 0.25) is 0 Å². The Morgan fingerprint density at radius 3 is 1.94 bits per heavy atom. The molecular weight excluding hydrogens is 827 g/mol. The number of aromatic nitrogens is 3. The van der Waals surface area contributed by atoms with Gasteiger partial charge in [-0.05, 0) is 146 Å². The van der Waals surface area contributed by atoms with Crippen molar-refractivity contribution in [1.82, 2.24) is 14.5 Å². The maximum absolute atomic E-state index is 12.6. The zero-order valence-corrected chi connectivity index (χ0v) is 40.9. The number of pyridine rings is 1. The molecule has 0 aliphatic rings. The zero-order chi connectivity index (χ0) is 56.8. The van der Waals surface area contributed by atoms with Gasteiger partial charge in [0.05, 0.1) is 37.6 Å². The summed E-state index contributed by atoms with van der Waals surface area (Å²) in [5.41, 5.74) is 11.4. The fourth-order valence-corrected chi connectivity index (χ4v) is 8.94. The minimum absolute atomic E-state index is 0.0169. The average molecular weight is 902 g/mol. The fourth-order valence-electron chi connectivity index (χ4n) is 8.94. The summed E-state index contributed by atoms with van der Waals surface area (Å²) in [6.45, 7) is 20.3. The van der Waals surface area contributed by atoms with Crippen LogP contribution in [0.25, 0.3) is 83.9 Å². The highest BCUT2D eigenvalue weighted by molar-refractivity contribution is 5.98. The number of rotatable bonds is 9. The Bertz CT molecular complexity index is 3820. The summed E-state index contributed by atoms with van der Waals surface area (Å²) in [5, 5.41) is 12.6. The molecule has 0 aliphatic heterocycles. The minimum atomic E-state index is -2.97. The van der Waals surface area contributed by atoms with E-state index >= 15 is 0 Å². The monoisotopic (exact) mass is 902 g/mol. The van der Waals surface area contributed by atoms with Crippen molar-refractivity contribution < 1.29 is 18.8 Å². The molecule has 342 valence electrons. The SMILES string of the molecule is [2H]c1nc(-c2cc(-c3cccc4c3nc(-c3cc(C(C)C)cc(C(C)C)c3O)n4-c3cc(-c4ccccc4)c(C)cc3-c3ccc(C(C)(C)C)cc3)cc(C(C)(C)C)c2)c([2H])c(-c2c([2H])c([2H])c(C([2H])([2H])[2H])c([2H])c2[2H])c1[2H]. The van der Waals surface area contributed by atoms with Gasteiger partial charge >= 0.3 is 0 Å². The van der Waals surface area contributed by atoms with E-state index in [2.05, 4.69) is 146 Å². The minimum Gasteiger partial charge on any atom is -0.507 e. The first-order valence-electron chi connectivity index (χ1n) is 28.4. The Balaban J connectivity index is 1.39. The lowest BCUT2D eigenvalue weighted by Gasteiger charge is -2.22. The molecule has 2 heterocycles. The summed E-state index contributed by atoms with van der Waals surface area (Å²) in [6.07, 6.45) is -0.568. The van der Waals surface area contributed by atoms with Crippen LogP contribution in [-0.4, -0.2) is 19.6 Å². The molecule has 0 spiro atoms. The second-order valence-electron chi connectivity index (χ2n) is 20.6. The van der Waals surface area contributed by atoms with Crippen molar-refractivity contribution in [3.63, 3.8) is 0 Å². The van der Waals surface area contributed by atoms with Gasteiger partial charge in [-0.15, -0.1) is 0 Å². The van der Waals surface area contributed by atoms with Crippen LogP contribution < -0.4 is 0 Å². The first kappa shape index (κ1) is 35.2. The maximum atomic E-state index is 12.6. The van der Waals surface area contributed by atoms with Crippen LogP contribution in [0.3, 0.4) is 0 Å².